The first kappa shape index (κ1) is 27.3. The van der Waals surface area contributed by atoms with E-state index >= 15 is 0 Å². The van der Waals surface area contributed by atoms with Crippen LogP contribution >= 0.6 is 0 Å². The molecule has 0 N–H and O–H groups in total. The van der Waals surface area contributed by atoms with Gasteiger partial charge in [0, 0.05) is 21.9 Å². The number of aryl methyl sites for hydroxylation is 1. The summed E-state index contributed by atoms with van der Waals surface area (Å²) in [6.07, 6.45) is -4.67. The molecule has 0 aliphatic heterocycles. The van der Waals surface area contributed by atoms with E-state index in [2.05, 4.69) is 10.3 Å². The number of benzene rings is 5. The molecule has 0 aliphatic rings. The molecule has 0 amide bonds. The van der Waals surface area contributed by atoms with Crippen LogP contribution in [0.2, 0.25) is 0 Å². The molecule has 0 bridgehead atoms. The topological polar surface area (TPSA) is 56.7 Å². The Morgan fingerprint density at radius 3 is 1.68 bits per heavy atom. The highest BCUT2D eigenvalue weighted by Gasteiger charge is 2.42. The van der Waals surface area contributed by atoms with E-state index in [1.165, 1.54) is 6.07 Å². The molecule has 216 valence electrons. The molecule has 5 nitrogen and oxygen atoms in total. The van der Waals surface area contributed by atoms with Crippen molar-refractivity contribution in [2.24, 2.45) is 0 Å². The van der Waals surface area contributed by atoms with Gasteiger partial charge >= 0.3 is 6.18 Å². The molecule has 0 radical (unpaired) electrons. The number of hydrogen-bond acceptors (Lipinski definition) is 4. The Morgan fingerprint density at radius 2 is 1.14 bits per heavy atom. The van der Waals surface area contributed by atoms with Crippen LogP contribution in [0.4, 0.5) is 13.2 Å². The van der Waals surface area contributed by atoms with Gasteiger partial charge in [-0.3, -0.25) is 0 Å². The highest BCUT2D eigenvalue weighted by atomic mass is 19.4. The predicted octanol–water partition coefficient (Wildman–Crippen LogP) is 8.92. The fourth-order valence-corrected chi connectivity index (χ4v) is 5.89. The van der Waals surface area contributed by atoms with E-state index in [9.17, 15) is 13.2 Å². The van der Waals surface area contributed by atoms with Crippen LogP contribution < -0.4 is 0 Å². The highest BCUT2D eigenvalue weighted by molar-refractivity contribution is 5.99. The zero-order valence-corrected chi connectivity index (χ0v) is 23.5. The van der Waals surface area contributed by atoms with Crippen LogP contribution in [-0.2, 0) is 11.7 Å². The summed E-state index contributed by atoms with van der Waals surface area (Å²) < 4.78 is 47.9. The third-order valence-electron chi connectivity index (χ3n) is 7.83. The van der Waals surface area contributed by atoms with Crippen molar-refractivity contribution < 1.29 is 17.6 Å². The molecular weight excluding hydrogens is 561 g/mol. The minimum Gasteiger partial charge on any atom is -0.450 e. The van der Waals surface area contributed by atoms with Gasteiger partial charge in [-0.25, -0.2) is 0 Å². The number of furan rings is 1. The number of alkyl halides is 3. The van der Waals surface area contributed by atoms with Crippen molar-refractivity contribution in [1.82, 2.24) is 20.2 Å². The van der Waals surface area contributed by atoms with E-state index in [1.54, 1.807) is 48.1 Å². The van der Waals surface area contributed by atoms with Crippen molar-refractivity contribution in [3.8, 4) is 22.7 Å². The Balaban J connectivity index is 1.46. The standard InChI is InChI=1S/C36H25F3N4O/c1-24-21-22-29-31(23-24)33(36(37,38)39)44-32(29)28-19-11-12-20-30(28)34-40-42-43(41-34)35(25-13-5-2-6-14-25,26-15-7-3-8-16-26)27-17-9-4-10-18-27/h2-23H,1H3. The normalized spacial score (nSPS) is 12.1. The molecule has 0 saturated heterocycles. The fourth-order valence-electron chi connectivity index (χ4n) is 5.89. The van der Waals surface area contributed by atoms with Gasteiger partial charge in [0.2, 0.25) is 11.6 Å². The lowest BCUT2D eigenvalue weighted by Crippen LogP contribution is -2.39. The lowest BCUT2D eigenvalue weighted by Gasteiger charge is -2.34. The smallest absolute Gasteiger partial charge is 0.450 e. The van der Waals surface area contributed by atoms with Crippen molar-refractivity contribution in [3.05, 3.63) is 161 Å². The summed E-state index contributed by atoms with van der Waals surface area (Å²) in [5, 5.41) is 14.4. The second kappa shape index (κ2) is 10.6. The third-order valence-corrected chi connectivity index (χ3v) is 7.83. The number of rotatable bonds is 6. The summed E-state index contributed by atoms with van der Waals surface area (Å²) in [6, 6.07) is 41.7. The first-order valence-corrected chi connectivity index (χ1v) is 14.0. The second-order valence-electron chi connectivity index (χ2n) is 10.6. The molecule has 7 rings (SSSR count). The Labute approximate surface area is 251 Å². The third kappa shape index (κ3) is 4.46. The first-order valence-electron chi connectivity index (χ1n) is 14.0. The fraction of sp³-hybridized carbons (Fsp3) is 0.0833. The largest absolute Gasteiger partial charge is 0.450 e. The van der Waals surface area contributed by atoms with Crippen LogP contribution in [0.25, 0.3) is 33.5 Å². The van der Waals surface area contributed by atoms with E-state index in [4.69, 9.17) is 9.52 Å². The summed E-state index contributed by atoms with van der Waals surface area (Å²) in [4.78, 5) is 1.59. The van der Waals surface area contributed by atoms with Crippen LogP contribution in [0.15, 0.2) is 138 Å². The quantitative estimate of drug-likeness (QED) is 0.183. The van der Waals surface area contributed by atoms with E-state index in [0.717, 1.165) is 16.7 Å². The molecule has 0 unspecified atom stereocenters. The Hall–Kier alpha value is -5.50. The lowest BCUT2D eigenvalue weighted by molar-refractivity contribution is -0.151. The number of halogens is 3. The van der Waals surface area contributed by atoms with Crippen LogP contribution in [0.5, 0.6) is 0 Å². The minimum absolute atomic E-state index is 0.00941. The van der Waals surface area contributed by atoms with Crippen LogP contribution in [0, 0.1) is 6.92 Å². The van der Waals surface area contributed by atoms with Crippen molar-refractivity contribution in [2.75, 3.05) is 0 Å². The molecule has 7 aromatic rings. The summed E-state index contributed by atoms with van der Waals surface area (Å²) in [7, 11) is 0. The van der Waals surface area contributed by atoms with E-state index in [-0.39, 0.29) is 17.0 Å². The lowest BCUT2D eigenvalue weighted by atomic mass is 9.77. The van der Waals surface area contributed by atoms with Gasteiger partial charge in [0.15, 0.2) is 5.54 Å². The maximum Gasteiger partial charge on any atom is 0.450 e. The van der Waals surface area contributed by atoms with Gasteiger partial charge in [0.05, 0.1) is 0 Å². The zero-order chi connectivity index (χ0) is 30.3. The second-order valence-corrected chi connectivity index (χ2v) is 10.6. The number of nitrogens with zero attached hydrogens (tertiary/aromatic N) is 4. The van der Waals surface area contributed by atoms with Gasteiger partial charge in [-0.2, -0.15) is 13.2 Å². The van der Waals surface area contributed by atoms with Crippen LogP contribution in [0.1, 0.15) is 28.0 Å². The van der Waals surface area contributed by atoms with E-state index in [1.807, 2.05) is 91.0 Å². The molecular formula is C36H25F3N4O. The molecule has 2 heterocycles. The number of fused-ring (bicyclic) bond motifs is 1. The molecule has 5 aromatic carbocycles. The molecule has 2 aromatic heterocycles. The van der Waals surface area contributed by atoms with Crippen LogP contribution in [-0.4, -0.2) is 20.2 Å². The monoisotopic (exact) mass is 586 g/mol. The van der Waals surface area contributed by atoms with Gasteiger partial charge in [0.25, 0.3) is 0 Å². The number of hydrogen-bond donors (Lipinski definition) is 0. The number of tetrazole rings is 1. The van der Waals surface area contributed by atoms with Crippen molar-refractivity contribution >= 4 is 10.8 Å². The summed E-state index contributed by atoms with van der Waals surface area (Å²) in [5.41, 5.74) is 3.37. The first-order chi connectivity index (χ1) is 21.4. The van der Waals surface area contributed by atoms with Crippen molar-refractivity contribution in [3.63, 3.8) is 0 Å². The Bertz CT molecular complexity index is 1970. The molecule has 8 heteroatoms. The molecule has 0 fully saturated rings. The molecule has 0 atom stereocenters. The average Bonchev–Trinajstić information content (AvgIpc) is 3.69. The highest BCUT2D eigenvalue weighted by Crippen LogP contribution is 2.45. The van der Waals surface area contributed by atoms with Gasteiger partial charge in [-0.1, -0.05) is 133 Å². The SMILES string of the molecule is Cc1ccc2c(-c3ccccc3-c3nnn(C(c4ccccc4)(c4ccccc4)c4ccccc4)n3)oc(C(F)(F)F)c2c1. The Morgan fingerprint density at radius 1 is 0.614 bits per heavy atom. The maximum absolute atomic E-state index is 14.1. The van der Waals surface area contributed by atoms with E-state index < -0.39 is 17.5 Å². The van der Waals surface area contributed by atoms with Gasteiger partial charge < -0.3 is 4.42 Å². The average molecular weight is 587 g/mol. The summed E-state index contributed by atoms with van der Waals surface area (Å²) in [5.74, 6) is -0.688. The molecule has 0 aliphatic carbocycles. The minimum atomic E-state index is -4.67. The summed E-state index contributed by atoms with van der Waals surface area (Å²) in [6.45, 7) is 1.75. The van der Waals surface area contributed by atoms with Crippen molar-refractivity contribution in [2.45, 2.75) is 18.6 Å². The predicted molar refractivity (Wildman–Crippen MR) is 163 cm³/mol. The maximum atomic E-state index is 14.1. The molecule has 44 heavy (non-hydrogen) atoms. The molecule has 0 saturated carbocycles. The van der Waals surface area contributed by atoms with E-state index in [0.29, 0.717) is 22.1 Å². The van der Waals surface area contributed by atoms with Gasteiger partial charge in [-0.05, 0) is 34.9 Å². The van der Waals surface area contributed by atoms with Gasteiger partial charge in [-0.15, -0.1) is 15.0 Å². The Kier molecular flexibility index (Phi) is 6.62. The number of aromatic nitrogens is 4. The molecule has 0 spiro atoms. The zero-order valence-electron chi connectivity index (χ0n) is 23.5. The van der Waals surface area contributed by atoms with Crippen LogP contribution in [0.3, 0.4) is 0 Å². The van der Waals surface area contributed by atoms with Crippen molar-refractivity contribution in [1.29, 1.82) is 0 Å². The van der Waals surface area contributed by atoms with Gasteiger partial charge in [0.1, 0.15) is 5.76 Å². The summed E-state index contributed by atoms with van der Waals surface area (Å²) >= 11 is 0.